The third-order valence-electron chi connectivity index (χ3n) is 3.87. The van der Waals surface area contributed by atoms with E-state index < -0.39 is 6.04 Å². The number of aryl methyl sites for hydroxylation is 1. The van der Waals surface area contributed by atoms with Crippen LogP contribution in [-0.4, -0.2) is 41.5 Å². The predicted octanol–water partition coefficient (Wildman–Crippen LogP) is 2.68. The van der Waals surface area contributed by atoms with Crippen molar-refractivity contribution in [3.8, 4) is 0 Å². The first-order valence-electron chi connectivity index (χ1n) is 7.76. The minimum absolute atomic E-state index is 0.205. The van der Waals surface area contributed by atoms with Gasteiger partial charge in [0.1, 0.15) is 11.9 Å². The van der Waals surface area contributed by atoms with Crippen molar-refractivity contribution in [1.29, 1.82) is 0 Å². The van der Waals surface area contributed by atoms with E-state index in [0.717, 1.165) is 0 Å². The molecule has 1 atom stereocenters. The number of hydrogen-bond donors (Lipinski definition) is 1. The van der Waals surface area contributed by atoms with Crippen LogP contribution in [0.25, 0.3) is 0 Å². The molecule has 1 aromatic carbocycles. The van der Waals surface area contributed by atoms with Gasteiger partial charge in [-0.25, -0.2) is 9.18 Å². The molecule has 1 unspecified atom stereocenters. The summed E-state index contributed by atoms with van der Waals surface area (Å²) in [6.45, 7) is 9.81. The molecule has 1 aliphatic rings. The number of carbonyl (C=O) groups is 2. The molecule has 0 bridgehead atoms. The zero-order valence-corrected chi connectivity index (χ0v) is 14.3. The molecular formula is C17H24FN3O2. The standard InChI is InChI=1S/C17H24FN3O2/c1-11-6-7-13(10-14(11)18)21-9-8-20(12(2)15(21)22)16(23)19-17(3,4)5/h6-7,10,12H,8-9H2,1-5H3,(H,19,23). The summed E-state index contributed by atoms with van der Waals surface area (Å²) in [7, 11) is 0. The van der Waals surface area contributed by atoms with E-state index in [4.69, 9.17) is 0 Å². The number of benzene rings is 1. The highest BCUT2D eigenvalue weighted by Crippen LogP contribution is 2.23. The van der Waals surface area contributed by atoms with Crippen LogP contribution >= 0.6 is 0 Å². The first kappa shape index (κ1) is 17.2. The maximum absolute atomic E-state index is 13.7. The van der Waals surface area contributed by atoms with Crippen molar-refractivity contribution < 1.29 is 14.0 Å². The molecular weight excluding hydrogens is 297 g/mol. The van der Waals surface area contributed by atoms with E-state index in [1.807, 2.05) is 20.8 Å². The molecule has 0 spiro atoms. The smallest absolute Gasteiger partial charge is 0.318 e. The highest BCUT2D eigenvalue weighted by molar-refractivity contribution is 6.00. The number of amides is 3. The Kier molecular flexibility index (Phi) is 4.63. The second-order valence-electron chi connectivity index (χ2n) is 6.97. The number of carbonyl (C=O) groups excluding carboxylic acids is 2. The summed E-state index contributed by atoms with van der Waals surface area (Å²) >= 11 is 0. The van der Waals surface area contributed by atoms with Gasteiger partial charge in [-0.15, -0.1) is 0 Å². The van der Waals surface area contributed by atoms with Crippen molar-refractivity contribution in [2.24, 2.45) is 0 Å². The summed E-state index contributed by atoms with van der Waals surface area (Å²) in [5, 5.41) is 2.87. The minimum Gasteiger partial charge on any atom is -0.333 e. The number of piperazine rings is 1. The van der Waals surface area contributed by atoms with Gasteiger partial charge < -0.3 is 15.1 Å². The third kappa shape index (κ3) is 3.81. The highest BCUT2D eigenvalue weighted by Gasteiger charge is 2.36. The molecule has 0 radical (unpaired) electrons. The van der Waals surface area contributed by atoms with Gasteiger partial charge in [-0.3, -0.25) is 4.79 Å². The summed E-state index contributed by atoms with van der Waals surface area (Å²) < 4.78 is 13.7. The van der Waals surface area contributed by atoms with Gasteiger partial charge in [-0.2, -0.15) is 0 Å². The van der Waals surface area contributed by atoms with Gasteiger partial charge in [0, 0.05) is 24.3 Å². The summed E-state index contributed by atoms with van der Waals surface area (Å²) in [5.74, 6) is -0.542. The Bertz CT molecular complexity index is 625. The van der Waals surface area contributed by atoms with E-state index in [1.54, 1.807) is 26.0 Å². The average molecular weight is 321 g/mol. The first-order valence-corrected chi connectivity index (χ1v) is 7.76. The lowest BCUT2D eigenvalue weighted by Gasteiger charge is -2.40. The van der Waals surface area contributed by atoms with Crippen molar-refractivity contribution in [1.82, 2.24) is 10.2 Å². The Hall–Kier alpha value is -2.11. The molecule has 0 saturated carbocycles. The molecule has 0 aliphatic carbocycles. The number of hydrogen-bond acceptors (Lipinski definition) is 2. The summed E-state index contributed by atoms with van der Waals surface area (Å²) in [4.78, 5) is 27.9. The Morgan fingerprint density at radius 2 is 1.96 bits per heavy atom. The molecule has 23 heavy (non-hydrogen) atoms. The number of nitrogens with zero attached hydrogens (tertiary/aromatic N) is 2. The van der Waals surface area contributed by atoms with E-state index in [0.29, 0.717) is 24.3 Å². The van der Waals surface area contributed by atoms with Gasteiger partial charge in [-0.1, -0.05) is 6.07 Å². The Morgan fingerprint density at radius 3 is 2.52 bits per heavy atom. The quantitative estimate of drug-likeness (QED) is 0.864. The number of halogens is 1. The molecule has 0 aromatic heterocycles. The Labute approximate surface area is 136 Å². The van der Waals surface area contributed by atoms with Crippen LogP contribution in [0.4, 0.5) is 14.9 Å². The van der Waals surface area contributed by atoms with E-state index >= 15 is 0 Å². The van der Waals surface area contributed by atoms with Crippen LogP contribution in [0.15, 0.2) is 18.2 Å². The van der Waals surface area contributed by atoms with Crippen molar-refractivity contribution >= 4 is 17.6 Å². The number of nitrogens with one attached hydrogen (secondary N) is 1. The lowest BCUT2D eigenvalue weighted by atomic mass is 10.1. The Morgan fingerprint density at radius 1 is 1.30 bits per heavy atom. The molecule has 126 valence electrons. The van der Waals surface area contributed by atoms with Crippen molar-refractivity contribution in [3.63, 3.8) is 0 Å². The summed E-state index contributed by atoms with van der Waals surface area (Å²) in [6, 6.07) is 3.91. The van der Waals surface area contributed by atoms with Crippen LogP contribution in [0.3, 0.4) is 0 Å². The van der Waals surface area contributed by atoms with Gasteiger partial charge in [0.05, 0.1) is 0 Å². The fourth-order valence-corrected chi connectivity index (χ4v) is 2.55. The Balaban J connectivity index is 2.15. The molecule has 1 saturated heterocycles. The van der Waals surface area contributed by atoms with E-state index in [1.165, 1.54) is 15.9 Å². The monoisotopic (exact) mass is 321 g/mol. The molecule has 1 heterocycles. The molecule has 3 amide bonds. The molecule has 1 N–H and O–H groups in total. The van der Waals surface area contributed by atoms with Crippen LogP contribution in [0.2, 0.25) is 0 Å². The zero-order chi connectivity index (χ0) is 17.4. The van der Waals surface area contributed by atoms with E-state index in [2.05, 4.69) is 5.32 Å². The van der Waals surface area contributed by atoms with Gasteiger partial charge >= 0.3 is 6.03 Å². The van der Waals surface area contributed by atoms with Crippen LogP contribution in [-0.2, 0) is 4.79 Å². The normalized spacial score (nSPS) is 19.0. The largest absolute Gasteiger partial charge is 0.333 e. The molecule has 1 aromatic rings. The lowest BCUT2D eigenvalue weighted by Crippen LogP contribution is -2.61. The van der Waals surface area contributed by atoms with Crippen LogP contribution < -0.4 is 10.2 Å². The fourth-order valence-electron chi connectivity index (χ4n) is 2.55. The van der Waals surface area contributed by atoms with Crippen molar-refractivity contribution in [2.45, 2.75) is 46.2 Å². The maximum Gasteiger partial charge on any atom is 0.318 e. The highest BCUT2D eigenvalue weighted by atomic mass is 19.1. The summed E-state index contributed by atoms with van der Waals surface area (Å²) in [5.41, 5.74) is 0.704. The summed E-state index contributed by atoms with van der Waals surface area (Å²) in [6.07, 6.45) is 0. The number of urea groups is 1. The van der Waals surface area contributed by atoms with Gasteiger partial charge in [-0.05, 0) is 52.3 Å². The topological polar surface area (TPSA) is 52.6 Å². The molecule has 6 heteroatoms. The van der Waals surface area contributed by atoms with Crippen molar-refractivity contribution in [2.75, 3.05) is 18.0 Å². The lowest BCUT2D eigenvalue weighted by molar-refractivity contribution is -0.124. The molecule has 1 fully saturated rings. The van der Waals surface area contributed by atoms with Gasteiger partial charge in [0.25, 0.3) is 0 Å². The molecule has 5 nitrogen and oxygen atoms in total. The SMILES string of the molecule is Cc1ccc(N2CCN(C(=O)NC(C)(C)C)C(C)C2=O)cc1F. The van der Waals surface area contributed by atoms with Crippen LogP contribution in [0, 0.1) is 12.7 Å². The first-order chi connectivity index (χ1) is 10.6. The number of anilines is 1. The minimum atomic E-state index is -0.588. The molecule has 1 aliphatic heterocycles. The van der Waals surface area contributed by atoms with E-state index in [-0.39, 0.29) is 23.3 Å². The predicted molar refractivity (Wildman–Crippen MR) is 87.9 cm³/mol. The second kappa shape index (κ2) is 6.18. The van der Waals surface area contributed by atoms with Crippen molar-refractivity contribution in [3.05, 3.63) is 29.6 Å². The second-order valence-corrected chi connectivity index (χ2v) is 6.97. The average Bonchev–Trinajstić information content (AvgIpc) is 2.43. The maximum atomic E-state index is 13.7. The van der Waals surface area contributed by atoms with Gasteiger partial charge in [0.2, 0.25) is 5.91 Å². The van der Waals surface area contributed by atoms with Gasteiger partial charge in [0.15, 0.2) is 0 Å². The fraction of sp³-hybridized carbons (Fsp3) is 0.529. The molecule has 2 rings (SSSR count). The third-order valence-corrected chi connectivity index (χ3v) is 3.87. The van der Waals surface area contributed by atoms with E-state index in [9.17, 15) is 14.0 Å². The number of rotatable bonds is 1. The van der Waals surface area contributed by atoms with Crippen LogP contribution in [0.1, 0.15) is 33.3 Å². The van der Waals surface area contributed by atoms with Crippen LogP contribution in [0.5, 0.6) is 0 Å². The zero-order valence-electron chi connectivity index (χ0n) is 14.3.